The zero-order chi connectivity index (χ0) is 19.4. The molecule has 0 saturated heterocycles. The monoisotopic (exact) mass is 396 g/mol. The molecule has 0 atom stereocenters. The highest BCUT2D eigenvalue weighted by atomic mass is 35.5. The van der Waals surface area contributed by atoms with Gasteiger partial charge in [-0.15, -0.1) is 11.6 Å². The molecule has 0 fully saturated rings. The molecule has 2 aromatic carbocycles. The first kappa shape index (κ1) is 20.6. The number of halogens is 7. The molecule has 0 amide bonds. The average molecular weight is 397 g/mol. The summed E-state index contributed by atoms with van der Waals surface area (Å²) in [5.74, 6) is 0.262. The van der Waals surface area contributed by atoms with E-state index in [2.05, 4.69) is 0 Å². The van der Waals surface area contributed by atoms with Crippen molar-refractivity contribution in [3.8, 4) is 0 Å². The van der Waals surface area contributed by atoms with Gasteiger partial charge in [0.2, 0.25) is 0 Å². The minimum Gasteiger partial charge on any atom is -0.369 e. The normalized spacial score (nSPS) is 12.6. The van der Waals surface area contributed by atoms with Gasteiger partial charge in [-0.05, 0) is 41.8 Å². The molecule has 0 heterocycles. The molecule has 2 rings (SSSR count). The van der Waals surface area contributed by atoms with Crippen LogP contribution >= 0.6 is 11.6 Å². The highest BCUT2D eigenvalue weighted by molar-refractivity contribution is 6.17. The Labute approximate surface area is 151 Å². The van der Waals surface area contributed by atoms with Gasteiger partial charge in [-0.2, -0.15) is 26.3 Å². The SMILES string of the molecule is FC(F)(F)c1cccc(C(OCCCCl)c2cccc(C(F)(F)F)c2)c1. The van der Waals surface area contributed by atoms with Gasteiger partial charge in [0.25, 0.3) is 0 Å². The number of benzene rings is 2. The highest BCUT2D eigenvalue weighted by Gasteiger charge is 2.33. The molecule has 0 aromatic heterocycles. The van der Waals surface area contributed by atoms with Crippen LogP contribution in [0, 0.1) is 0 Å². The van der Waals surface area contributed by atoms with Gasteiger partial charge < -0.3 is 4.74 Å². The second-order valence-corrected chi connectivity index (χ2v) is 5.92. The first-order valence-corrected chi connectivity index (χ1v) is 8.18. The van der Waals surface area contributed by atoms with Crippen molar-refractivity contribution in [2.24, 2.45) is 0 Å². The summed E-state index contributed by atoms with van der Waals surface area (Å²) in [5.41, 5.74) is -1.55. The molecule has 0 aliphatic carbocycles. The van der Waals surface area contributed by atoms with Gasteiger partial charge in [-0.25, -0.2) is 0 Å². The molecule has 1 nitrogen and oxygen atoms in total. The van der Waals surface area contributed by atoms with Crippen LogP contribution in [0.15, 0.2) is 48.5 Å². The van der Waals surface area contributed by atoms with Crippen LogP contribution in [0.2, 0.25) is 0 Å². The van der Waals surface area contributed by atoms with E-state index in [-0.39, 0.29) is 23.6 Å². The Hall–Kier alpha value is -1.73. The van der Waals surface area contributed by atoms with Gasteiger partial charge in [0.05, 0.1) is 11.1 Å². The summed E-state index contributed by atoms with van der Waals surface area (Å²) in [6.45, 7) is 0.0979. The summed E-state index contributed by atoms with van der Waals surface area (Å²) in [6.07, 6.45) is -9.78. The van der Waals surface area contributed by atoms with Crippen molar-refractivity contribution in [1.29, 1.82) is 0 Å². The van der Waals surface area contributed by atoms with Crippen molar-refractivity contribution in [1.82, 2.24) is 0 Å². The highest BCUT2D eigenvalue weighted by Crippen LogP contribution is 2.36. The smallest absolute Gasteiger partial charge is 0.369 e. The molecule has 0 aliphatic heterocycles. The van der Waals surface area contributed by atoms with Crippen LogP contribution in [0.5, 0.6) is 0 Å². The average Bonchev–Trinajstić information content (AvgIpc) is 2.57. The van der Waals surface area contributed by atoms with Crippen LogP contribution < -0.4 is 0 Å². The Kier molecular flexibility index (Phi) is 6.58. The number of alkyl halides is 7. The third kappa shape index (κ3) is 5.38. The molecule has 2 aromatic rings. The minimum atomic E-state index is -4.56. The molecule has 0 spiro atoms. The van der Waals surface area contributed by atoms with Gasteiger partial charge in [0.1, 0.15) is 6.10 Å². The van der Waals surface area contributed by atoms with E-state index >= 15 is 0 Å². The maximum absolute atomic E-state index is 13.0. The molecular weight excluding hydrogens is 382 g/mol. The quantitative estimate of drug-likeness (QED) is 0.309. The zero-order valence-corrected chi connectivity index (χ0v) is 14.1. The van der Waals surface area contributed by atoms with Crippen LogP contribution in [0.1, 0.15) is 34.8 Å². The maximum Gasteiger partial charge on any atom is 0.416 e. The van der Waals surface area contributed by atoms with E-state index in [4.69, 9.17) is 16.3 Å². The first-order chi connectivity index (χ1) is 12.1. The summed E-state index contributed by atoms with van der Waals surface area (Å²) >= 11 is 5.57. The van der Waals surface area contributed by atoms with E-state index in [9.17, 15) is 26.3 Å². The second-order valence-electron chi connectivity index (χ2n) is 5.54. The molecule has 0 aliphatic rings. The van der Waals surface area contributed by atoms with Crippen LogP contribution in [0.25, 0.3) is 0 Å². The molecule has 142 valence electrons. The predicted molar refractivity (Wildman–Crippen MR) is 86.0 cm³/mol. The summed E-state index contributed by atoms with van der Waals surface area (Å²) in [6, 6.07) is 8.73. The van der Waals surface area contributed by atoms with Crippen molar-refractivity contribution in [3.05, 3.63) is 70.8 Å². The van der Waals surface area contributed by atoms with Gasteiger partial charge in [0, 0.05) is 12.5 Å². The fraction of sp³-hybridized carbons (Fsp3) is 0.333. The Morgan fingerprint density at radius 2 is 1.27 bits per heavy atom. The number of rotatable bonds is 6. The summed E-state index contributed by atoms with van der Waals surface area (Å²) in [4.78, 5) is 0. The Balaban J connectivity index is 2.44. The lowest BCUT2D eigenvalue weighted by atomic mass is 9.97. The summed E-state index contributed by atoms with van der Waals surface area (Å²) in [7, 11) is 0. The first-order valence-electron chi connectivity index (χ1n) is 7.65. The lowest BCUT2D eigenvalue weighted by Crippen LogP contribution is -2.12. The molecule has 0 bridgehead atoms. The fourth-order valence-corrected chi connectivity index (χ4v) is 2.51. The Morgan fingerprint density at radius 3 is 1.65 bits per heavy atom. The number of ether oxygens (including phenoxy) is 1. The van der Waals surface area contributed by atoms with Crippen molar-refractivity contribution >= 4 is 11.6 Å². The molecule has 26 heavy (non-hydrogen) atoms. The second kappa shape index (κ2) is 8.31. The maximum atomic E-state index is 13.0. The lowest BCUT2D eigenvalue weighted by molar-refractivity contribution is -0.138. The third-order valence-electron chi connectivity index (χ3n) is 3.60. The van der Waals surface area contributed by atoms with Crippen LogP contribution in [0.3, 0.4) is 0 Å². The number of hydrogen-bond donors (Lipinski definition) is 0. The third-order valence-corrected chi connectivity index (χ3v) is 3.86. The molecule has 8 heteroatoms. The van der Waals surface area contributed by atoms with Gasteiger partial charge in [-0.3, -0.25) is 0 Å². The van der Waals surface area contributed by atoms with Crippen molar-refractivity contribution in [2.75, 3.05) is 12.5 Å². The van der Waals surface area contributed by atoms with Gasteiger partial charge in [0.15, 0.2) is 0 Å². The molecule has 0 radical (unpaired) electrons. The minimum absolute atomic E-state index is 0.0979. The summed E-state index contributed by atoms with van der Waals surface area (Å²) < 4.78 is 83.3. The fourth-order valence-electron chi connectivity index (χ4n) is 2.40. The molecule has 0 N–H and O–H groups in total. The molecule has 0 saturated carbocycles. The lowest BCUT2D eigenvalue weighted by Gasteiger charge is -2.21. The van der Waals surface area contributed by atoms with Crippen molar-refractivity contribution in [3.63, 3.8) is 0 Å². The predicted octanol–water partition coefficient (Wildman–Crippen LogP) is 6.46. The topological polar surface area (TPSA) is 9.23 Å². The number of hydrogen-bond acceptors (Lipinski definition) is 1. The van der Waals surface area contributed by atoms with E-state index in [0.717, 1.165) is 24.3 Å². The molecule has 0 unspecified atom stereocenters. The van der Waals surface area contributed by atoms with Gasteiger partial charge >= 0.3 is 12.4 Å². The molecular formula is C18H15ClF6O. The summed E-state index contributed by atoms with van der Waals surface area (Å²) in [5, 5.41) is 0. The van der Waals surface area contributed by atoms with Crippen LogP contribution in [-0.4, -0.2) is 12.5 Å². The van der Waals surface area contributed by atoms with E-state index in [0.29, 0.717) is 6.42 Å². The van der Waals surface area contributed by atoms with E-state index in [1.807, 2.05) is 0 Å². The Bertz CT molecular complexity index is 669. The van der Waals surface area contributed by atoms with Crippen molar-refractivity contribution < 1.29 is 31.1 Å². The van der Waals surface area contributed by atoms with E-state index in [1.165, 1.54) is 24.3 Å². The standard InChI is InChI=1S/C18H15ClF6O/c19-8-3-9-26-16(12-4-1-6-14(10-12)17(20,21)22)13-5-2-7-15(11-13)18(23,24)25/h1-2,4-7,10-11,16H,3,8-9H2. The van der Waals surface area contributed by atoms with Crippen LogP contribution in [-0.2, 0) is 17.1 Å². The van der Waals surface area contributed by atoms with E-state index < -0.39 is 29.6 Å². The van der Waals surface area contributed by atoms with Crippen LogP contribution in [0.4, 0.5) is 26.3 Å². The van der Waals surface area contributed by atoms with E-state index in [1.54, 1.807) is 0 Å². The largest absolute Gasteiger partial charge is 0.416 e. The zero-order valence-electron chi connectivity index (χ0n) is 13.4. The Morgan fingerprint density at radius 1 is 0.808 bits per heavy atom. The van der Waals surface area contributed by atoms with Crippen molar-refractivity contribution in [2.45, 2.75) is 24.9 Å². The van der Waals surface area contributed by atoms with Gasteiger partial charge in [-0.1, -0.05) is 24.3 Å².